The van der Waals surface area contributed by atoms with Crippen LogP contribution in [0.25, 0.3) is 0 Å². The molecule has 0 bridgehead atoms. The topological polar surface area (TPSA) is 87.2 Å². The molecular formula is C21H26FN5O2. The summed E-state index contributed by atoms with van der Waals surface area (Å²) >= 11 is 0. The number of aryl methyl sites for hydroxylation is 1. The Morgan fingerprint density at radius 3 is 2.59 bits per heavy atom. The quantitative estimate of drug-likeness (QED) is 0.778. The second-order valence-corrected chi connectivity index (χ2v) is 7.35. The van der Waals surface area contributed by atoms with Crippen molar-refractivity contribution in [3.63, 3.8) is 0 Å². The number of likely N-dealkylation sites (tertiary alicyclic amines) is 1. The van der Waals surface area contributed by atoms with E-state index in [-0.39, 0.29) is 35.5 Å². The van der Waals surface area contributed by atoms with Gasteiger partial charge in [-0.2, -0.15) is 0 Å². The average molecular weight is 399 g/mol. The summed E-state index contributed by atoms with van der Waals surface area (Å²) in [6.45, 7) is 5.17. The van der Waals surface area contributed by atoms with Crippen molar-refractivity contribution in [1.82, 2.24) is 20.2 Å². The third kappa shape index (κ3) is 5.57. The second-order valence-electron chi connectivity index (χ2n) is 7.35. The van der Waals surface area contributed by atoms with Crippen molar-refractivity contribution in [1.29, 1.82) is 0 Å². The van der Waals surface area contributed by atoms with E-state index in [0.29, 0.717) is 38.0 Å². The van der Waals surface area contributed by atoms with Crippen molar-refractivity contribution in [2.75, 3.05) is 18.4 Å². The van der Waals surface area contributed by atoms with Crippen LogP contribution < -0.4 is 10.6 Å². The van der Waals surface area contributed by atoms with Gasteiger partial charge in [0.15, 0.2) is 0 Å². The van der Waals surface area contributed by atoms with Gasteiger partial charge in [0.2, 0.25) is 17.8 Å². The molecule has 8 heteroatoms. The highest BCUT2D eigenvalue weighted by Crippen LogP contribution is 2.20. The first-order chi connectivity index (χ1) is 13.9. The van der Waals surface area contributed by atoms with Gasteiger partial charge in [0.1, 0.15) is 5.82 Å². The molecule has 1 fully saturated rings. The number of piperidine rings is 1. The lowest BCUT2D eigenvalue weighted by atomic mass is 9.94. The summed E-state index contributed by atoms with van der Waals surface area (Å²) < 4.78 is 13.6. The molecule has 29 heavy (non-hydrogen) atoms. The minimum absolute atomic E-state index is 0.0274. The molecule has 0 spiro atoms. The van der Waals surface area contributed by atoms with Gasteiger partial charge in [-0.15, -0.1) is 0 Å². The van der Waals surface area contributed by atoms with Gasteiger partial charge in [-0.25, -0.2) is 14.4 Å². The van der Waals surface area contributed by atoms with Crippen molar-refractivity contribution < 1.29 is 14.0 Å². The molecular weight excluding hydrogens is 373 g/mol. The van der Waals surface area contributed by atoms with Crippen LogP contribution in [0.15, 0.2) is 36.7 Å². The van der Waals surface area contributed by atoms with Crippen molar-refractivity contribution in [2.45, 2.75) is 39.3 Å². The molecule has 7 nitrogen and oxygen atoms in total. The van der Waals surface area contributed by atoms with E-state index in [2.05, 4.69) is 25.5 Å². The number of benzene rings is 1. The van der Waals surface area contributed by atoms with E-state index in [1.54, 1.807) is 31.5 Å². The predicted molar refractivity (Wildman–Crippen MR) is 107 cm³/mol. The number of hydrogen-bond acceptors (Lipinski definition) is 5. The van der Waals surface area contributed by atoms with Crippen LogP contribution in [0.1, 0.15) is 30.9 Å². The number of hydrogen-bond donors (Lipinski definition) is 2. The first-order valence-corrected chi connectivity index (χ1v) is 9.78. The highest BCUT2D eigenvalue weighted by Gasteiger charge is 2.29. The third-order valence-corrected chi connectivity index (χ3v) is 5.33. The maximum absolute atomic E-state index is 13.6. The standard InChI is InChI=1S/C21H26FN5O2/c1-14-4-5-16(12-18(14)22)13-25-20(29)17-6-10-27(11-7-17)15(2)19(28)26-21-23-8-3-9-24-21/h3-5,8-9,12,15,17H,6-7,10-11,13H2,1-2H3,(H,25,29)(H,23,24,26,28)/t15-/m1/s1. The Hall–Kier alpha value is -2.87. The minimum Gasteiger partial charge on any atom is -0.352 e. The van der Waals surface area contributed by atoms with Gasteiger partial charge in [-0.05, 0) is 63.0 Å². The number of amides is 2. The Morgan fingerprint density at radius 1 is 1.24 bits per heavy atom. The first-order valence-electron chi connectivity index (χ1n) is 9.78. The number of nitrogens with zero attached hydrogens (tertiary/aromatic N) is 3. The van der Waals surface area contributed by atoms with Gasteiger partial charge in [-0.1, -0.05) is 12.1 Å². The fourth-order valence-electron chi connectivity index (χ4n) is 3.37. The molecule has 1 aromatic heterocycles. The van der Waals surface area contributed by atoms with Gasteiger partial charge in [0.05, 0.1) is 6.04 Å². The van der Waals surface area contributed by atoms with Crippen molar-refractivity contribution in [3.05, 3.63) is 53.6 Å². The Balaban J connectivity index is 1.44. The predicted octanol–water partition coefficient (Wildman–Crippen LogP) is 2.28. The van der Waals surface area contributed by atoms with Crippen LogP contribution in [0.2, 0.25) is 0 Å². The summed E-state index contributed by atoms with van der Waals surface area (Å²) in [5.41, 5.74) is 1.33. The number of carbonyl (C=O) groups is 2. The molecule has 1 aliphatic heterocycles. The van der Waals surface area contributed by atoms with E-state index < -0.39 is 0 Å². The molecule has 2 N–H and O–H groups in total. The summed E-state index contributed by atoms with van der Waals surface area (Å²) in [5.74, 6) is -0.278. The Morgan fingerprint density at radius 2 is 1.93 bits per heavy atom. The normalized spacial score (nSPS) is 16.2. The van der Waals surface area contributed by atoms with E-state index in [9.17, 15) is 14.0 Å². The highest BCUT2D eigenvalue weighted by molar-refractivity contribution is 5.93. The van der Waals surface area contributed by atoms with E-state index in [4.69, 9.17) is 0 Å². The molecule has 1 saturated heterocycles. The number of carbonyl (C=O) groups excluding carboxylic acids is 2. The maximum atomic E-state index is 13.6. The molecule has 1 aliphatic rings. The fourth-order valence-corrected chi connectivity index (χ4v) is 3.37. The van der Waals surface area contributed by atoms with Crippen LogP contribution in [-0.4, -0.2) is 45.8 Å². The van der Waals surface area contributed by atoms with Crippen LogP contribution in [0.4, 0.5) is 10.3 Å². The largest absolute Gasteiger partial charge is 0.352 e. The molecule has 3 rings (SSSR count). The Kier molecular flexibility index (Phi) is 6.87. The van der Waals surface area contributed by atoms with Crippen LogP contribution in [0.5, 0.6) is 0 Å². The lowest BCUT2D eigenvalue weighted by Crippen LogP contribution is -2.48. The molecule has 0 unspecified atom stereocenters. The first kappa shape index (κ1) is 20.9. The van der Waals surface area contributed by atoms with Crippen molar-refractivity contribution in [3.8, 4) is 0 Å². The molecule has 154 valence electrons. The fraction of sp³-hybridized carbons (Fsp3) is 0.429. The maximum Gasteiger partial charge on any atom is 0.243 e. The molecule has 2 heterocycles. The lowest BCUT2D eigenvalue weighted by Gasteiger charge is -2.34. The highest BCUT2D eigenvalue weighted by atomic mass is 19.1. The summed E-state index contributed by atoms with van der Waals surface area (Å²) in [6, 6.07) is 6.33. The Bertz CT molecular complexity index is 853. The molecule has 1 atom stereocenters. The van der Waals surface area contributed by atoms with E-state index in [1.807, 2.05) is 13.0 Å². The number of rotatable bonds is 6. The smallest absolute Gasteiger partial charge is 0.243 e. The van der Waals surface area contributed by atoms with Crippen molar-refractivity contribution >= 4 is 17.8 Å². The third-order valence-electron chi connectivity index (χ3n) is 5.33. The van der Waals surface area contributed by atoms with Crippen LogP contribution in [-0.2, 0) is 16.1 Å². The van der Waals surface area contributed by atoms with E-state index in [0.717, 1.165) is 5.56 Å². The van der Waals surface area contributed by atoms with Crippen LogP contribution >= 0.6 is 0 Å². The van der Waals surface area contributed by atoms with Crippen LogP contribution in [0.3, 0.4) is 0 Å². The summed E-state index contributed by atoms with van der Waals surface area (Å²) in [5, 5.41) is 5.60. The molecule has 1 aromatic carbocycles. The lowest BCUT2D eigenvalue weighted by molar-refractivity contribution is -0.127. The van der Waals surface area contributed by atoms with Gasteiger partial charge < -0.3 is 5.32 Å². The zero-order valence-electron chi connectivity index (χ0n) is 16.7. The van der Waals surface area contributed by atoms with Crippen LogP contribution in [0, 0.1) is 18.7 Å². The number of nitrogens with one attached hydrogen (secondary N) is 2. The van der Waals surface area contributed by atoms with E-state index >= 15 is 0 Å². The molecule has 0 aliphatic carbocycles. The van der Waals surface area contributed by atoms with E-state index in [1.165, 1.54) is 6.07 Å². The summed E-state index contributed by atoms with van der Waals surface area (Å²) in [7, 11) is 0. The van der Waals surface area contributed by atoms with Crippen molar-refractivity contribution in [2.24, 2.45) is 5.92 Å². The minimum atomic E-state index is -0.335. The van der Waals surface area contributed by atoms with Gasteiger partial charge >= 0.3 is 0 Å². The molecule has 2 aromatic rings. The molecule has 2 amide bonds. The monoisotopic (exact) mass is 399 g/mol. The number of aromatic nitrogens is 2. The SMILES string of the molecule is Cc1ccc(CNC(=O)C2CCN([C@H](C)C(=O)Nc3ncccn3)CC2)cc1F. The summed E-state index contributed by atoms with van der Waals surface area (Å²) in [6.07, 6.45) is 4.49. The number of halogens is 1. The average Bonchev–Trinajstić information content (AvgIpc) is 2.74. The second kappa shape index (κ2) is 9.56. The molecule has 0 saturated carbocycles. The van der Waals surface area contributed by atoms with Gasteiger partial charge in [0.25, 0.3) is 0 Å². The van der Waals surface area contributed by atoms with Gasteiger partial charge in [0, 0.05) is 24.9 Å². The number of anilines is 1. The Labute approximate surface area is 169 Å². The van der Waals surface area contributed by atoms with Gasteiger partial charge in [-0.3, -0.25) is 19.8 Å². The summed E-state index contributed by atoms with van der Waals surface area (Å²) in [4.78, 5) is 34.9. The zero-order chi connectivity index (χ0) is 20.8. The molecule has 0 radical (unpaired) electrons. The zero-order valence-corrected chi connectivity index (χ0v) is 16.7.